The molecule has 2 N–H and O–H groups in total. The highest BCUT2D eigenvalue weighted by Gasteiger charge is 2.12. The molecule has 4 heteroatoms. The van der Waals surface area contributed by atoms with E-state index in [4.69, 9.17) is 10.5 Å². The number of nitrogens with zero attached hydrogens (tertiary/aromatic N) is 2. The van der Waals surface area contributed by atoms with Crippen molar-refractivity contribution >= 4 is 11.4 Å². The van der Waals surface area contributed by atoms with Crippen molar-refractivity contribution in [3.8, 4) is 5.75 Å². The SMILES string of the molecule is CCN(CCCN(C)C)c1cccc(OC(C)C)c1N. The summed E-state index contributed by atoms with van der Waals surface area (Å²) in [5.41, 5.74) is 8.08. The van der Waals surface area contributed by atoms with Crippen molar-refractivity contribution in [2.24, 2.45) is 0 Å². The van der Waals surface area contributed by atoms with Gasteiger partial charge in [0.1, 0.15) is 5.75 Å². The molecule has 1 aromatic carbocycles. The number of anilines is 2. The topological polar surface area (TPSA) is 41.7 Å². The van der Waals surface area contributed by atoms with Gasteiger partial charge in [-0.25, -0.2) is 0 Å². The first-order valence-corrected chi connectivity index (χ1v) is 7.40. The Morgan fingerprint density at radius 1 is 1.20 bits per heavy atom. The number of benzene rings is 1. The molecule has 0 aliphatic rings. The van der Waals surface area contributed by atoms with Crippen LogP contribution in [0.1, 0.15) is 27.2 Å². The number of hydrogen-bond acceptors (Lipinski definition) is 4. The van der Waals surface area contributed by atoms with Crippen molar-refractivity contribution in [1.82, 2.24) is 4.90 Å². The number of para-hydroxylation sites is 1. The van der Waals surface area contributed by atoms with Crippen LogP contribution in [0.15, 0.2) is 18.2 Å². The molecule has 0 heterocycles. The maximum absolute atomic E-state index is 6.26. The fourth-order valence-corrected chi connectivity index (χ4v) is 2.19. The van der Waals surface area contributed by atoms with Crippen molar-refractivity contribution < 1.29 is 4.74 Å². The van der Waals surface area contributed by atoms with E-state index in [1.165, 1.54) is 0 Å². The van der Waals surface area contributed by atoms with E-state index in [2.05, 4.69) is 36.9 Å². The van der Waals surface area contributed by atoms with Crippen LogP contribution < -0.4 is 15.4 Å². The van der Waals surface area contributed by atoms with Gasteiger partial charge in [-0.2, -0.15) is 0 Å². The number of nitrogens with two attached hydrogens (primary N) is 1. The molecule has 1 rings (SSSR count). The maximum Gasteiger partial charge on any atom is 0.144 e. The van der Waals surface area contributed by atoms with Gasteiger partial charge in [0.25, 0.3) is 0 Å². The highest BCUT2D eigenvalue weighted by atomic mass is 16.5. The van der Waals surface area contributed by atoms with E-state index in [1.807, 2.05) is 26.0 Å². The molecule has 114 valence electrons. The van der Waals surface area contributed by atoms with Crippen LogP contribution >= 0.6 is 0 Å². The second kappa shape index (κ2) is 8.00. The molecule has 0 spiro atoms. The molecule has 0 radical (unpaired) electrons. The summed E-state index contributed by atoms with van der Waals surface area (Å²) < 4.78 is 5.76. The van der Waals surface area contributed by atoms with Crippen molar-refractivity contribution in [3.63, 3.8) is 0 Å². The molecule has 0 fully saturated rings. The van der Waals surface area contributed by atoms with Gasteiger partial charge in [-0.05, 0) is 60.0 Å². The van der Waals surface area contributed by atoms with Crippen LogP contribution in [-0.4, -0.2) is 44.7 Å². The van der Waals surface area contributed by atoms with Crippen molar-refractivity contribution in [1.29, 1.82) is 0 Å². The van der Waals surface area contributed by atoms with E-state index in [-0.39, 0.29) is 6.10 Å². The van der Waals surface area contributed by atoms with Gasteiger partial charge < -0.3 is 20.3 Å². The predicted molar refractivity (Wildman–Crippen MR) is 87.7 cm³/mol. The van der Waals surface area contributed by atoms with Gasteiger partial charge in [0, 0.05) is 13.1 Å². The fraction of sp³-hybridized carbons (Fsp3) is 0.625. The largest absolute Gasteiger partial charge is 0.489 e. The summed E-state index contributed by atoms with van der Waals surface area (Å²) in [6.07, 6.45) is 1.26. The third-order valence-electron chi connectivity index (χ3n) is 3.16. The zero-order valence-corrected chi connectivity index (χ0v) is 13.5. The van der Waals surface area contributed by atoms with Gasteiger partial charge in [0.15, 0.2) is 0 Å². The fourth-order valence-electron chi connectivity index (χ4n) is 2.19. The van der Waals surface area contributed by atoms with Gasteiger partial charge in [-0.3, -0.25) is 0 Å². The lowest BCUT2D eigenvalue weighted by Gasteiger charge is -2.26. The molecule has 1 aromatic rings. The van der Waals surface area contributed by atoms with Crippen LogP contribution in [-0.2, 0) is 0 Å². The second-order valence-electron chi connectivity index (χ2n) is 5.59. The van der Waals surface area contributed by atoms with E-state index < -0.39 is 0 Å². The first-order valence-electron chi connectivity index (χ1n) is 7.40. The molecule has 0 bridgehead atoms. The van der Waals surface area contributed by atoms with E-state index in [0.29, 0.717) is 0 Å². The highest BCUT2D eigenvalue weighted by molar-refractivity contribution is 5.74. The summed E-state index contributed by atoms with van der Waals surface area (Å²) in [4.78, 5) is 4.52. The summed E-state index contributed by atoms with van der Waals surface area (Å²) >= 11 is 0. The summed E-state index contributed by atoms with van der Waals surface area (Å²) in [5, 5.41) is 0. The molecule has 0 unspecified atom stereocenters. The van der Waals surface area contributed by atoms with E-state index in [9.17, 15) is 0 Å². The van der Waals surface area contributed by atoms with Crippen LogP contribution in [0, 0.1) is 0 Å². The molecule has 0 aliphatic heterocycles. The summed E-state index contributed by atoms with van der Waals surface area (Å²) in [6.45, 7) is 9.22. The Morgan fingerprint density at radius 3 is 2.45 bits per heavy atom. The van der Waals surface area contributed by atoms with Crippen molar-refractivity contribution in [3.05, 3.63) is 18.2 Å². The third kappa shape index (κ3) is 4.93. The number of rotatable bonds is 8. The van der Waals surface area contributed by atoms with Crippen molar-refractivity contribution in [2.75, 3.05) is 44.4 Å². The molecule has 0 atom stereocenters. The smallest absolute Gasteiger partial charge is 0.144 e. The molecule has 0 aliphatic carbocycles. The van der Waals surface area contributed by atoms with Gasteiger partial charge in [0.2, 0.25) is 0 Å². The zero-order valence-electron chi connectivity index (χ0n) is 13.5. The molecule has 0 saturated heterocycles. The monoisotopic (exact) mass is 279 g/mol. The Morgan fingerprint density at radius 2 is 1.90 bits per heavy atom. The molecular formula is C16H29N3O. The lowest BCUT2D eigenvalue weighted by molar-refractivity contribution is 0.244. The first-order chi connectivity index (χ1) is 9.45. The Hall–Kier alpha value is -1.42. The average molecular weight is 279 g/mol. The summed E-state index contributed by atoms with van der Waals surface area (Å²) in [7, 11) is 4.20. The minimum Gasteiger partial charge on any atom is -0.489 e. The van der Waals surface area contributed by atoms with Gasteiger partial charge in [0.05, 0.1) is 17.5 Å². The first kappa shape index (κ1) is 16.6. The number of nitrogen functional groups attached to an aromatic ring is 1. The van der Waals surface area contributed by atoms with Crippen LogP contribution in [0.5, 0.6) is 5.75 Å². The Labute approximate surface area is 123 Å². The Bertz CT molecular complexity index is 405. The van der Waals surface area contributed by atoms with Crippen LogP contribution in [0.4, 0.5) is 11.4 Å². The molecule has 4 nitrogen and oxygen atoms in total. The van der Waals surface area contributed by atoms with Crippen LogP contribution in [0.3, 0.4) is 0 Å². The van der Waals surface area contributed by atoms with Crippen molar-refractivity contribution in [2.45, 2.75) is 33.3 Å². The average Bonchev–Trinajstić information content (AvgIpc) is 2.37. The lowest BCUT2D eigenvalue weighted by Crippen LogP contribution is -2.27. The maximum atomic E-state index is 6.26. The second-order valence-corrected chi connectivity index (χ2v) is 5.59. The standard InChI is InChI=1S/C16H29N3O/c1-6-19(12-8-11-18(4)5)14-9-7-10-15(16(14)17)20-13(2)3/h7,9-10,13H,6,8,11-12,17H2,1-5H3. The van der Waals surface area contributed by atoms with Gasteiger partial charge in [-0.15, -0.1) is 0 Å². The number of ether oxygens (including phenoxy) is 1. The molecule has 0 amide bonds. The Balaban J connectivity index is 2.81. The lowest BCUT2D eigenvalue weighted by atomic mass is 10.2. The summed E-state index contributed by atoms with van der Waals surface area (Å²) in [6, 6.07) is 6.02. The van der Waals surface area contributed by atoms with Gasteiger partial charge >= 0.3 is 0 Å². The summed E-state index contributed by atoms with van der Waals surface area (Å²) in [5.74, 6) is 0.781. The van der Waals surface area contributed by atoms with Gasteiger partial charge in [-0.1, -0.05) is 6.07 Å². The highest BCUT2D eigenvalue weighted by Crippen LogP contribution is 2.32. The minimum absolute atomic E-state index is 0.136. The van der Waals surface area contributed by atoms with E-state index >= 15 is 0 Å². The van der Waals surface area contributed by atoms with E-state index in [0.717, 1.165) is 43.2 Å². The molecule has 0 saturated carbocycles. The zero-order chi connectivity index (χ0) is 15.1. The molecule has 20 heavy (non-hydrogen) atoms. The predicted octanol–water partition coefficient (Wildman–Crippen LogP) is 2.83. The number of hydrogen-bond donors (Lipinski definition) is 1. The molecule has 0 aromatic heterocycles. The van der Waals surface area contributed by atoms with E-state index in [1.54, 1.807) is 0 Å². The normalized spacial score (nSPS) is 11.2. The third-order valence-corrected chi connectivity index (χ3v) is 3.16. The van der Waals surface area contributed by atoms with Crippen LogP contribution in [0.2, 0.25) is 0 Å². The van der Waals surface area contributed by atoms with Crippen LogP contribution in [0.25, 0.3) is 0 Å². The quantitative estimate of drug-likeness (QED) is 0.743. The Kier molecular flexibility index (Phi) is 6.65. The molecular weight excluding hydrogens is 250 g/mol. The minimum atomic E-state index is 0.136.